The first kappa shape index (κ1) is 16.0. The molecule has 3 heterocycles. The van der Waals surface area contributed by atoms with Crippen molar-refractivity contribution in [1.82, 2.24) is 19.4 Å². The summed E-state index contributed by atoms with van der Waals surface area (Å²) in [5.41, 5.74) is 4.32. The predicted octanol–water partition coefficient (Wildman–Crippen LogP) is 3.21. The molecule has 0 radical (unpaired) electrons. The second kappa shape index (κ2) is 6.30. The summed E-state index contributed by atoms with van der Waals surface area (Å²) in [7, 11) is 2.09. The lowest BCUT2D eigenvalue weighted by Crippen LogP contribution is -2.36. The van der Waals surface area contributed by atoms with Crippen LogP contribution in [0.1, 0.15) is 63.3 Å². The van der Waals surface area contributed by atoms with Gasteiger partial charge in [-0.1, -0.05) is 13.8 Å². The smallest absolute Gasteiger partial charge is 0.219 e. The minimum atomic E-state index is 0.182. The summed E-state index contributed by atoms with van der Waals surface area (Å²) in [5.74, 6) is 1.10. The van der Waals surface area contributed by atoms with Crippen LogP contribution in [-0.2, 0) is 11.8 Å². The zero-order chi connectivity index (χ0) is 16.6. The molecule has 23 heavy (non-hydrogen) atoms. The third-order valence-electron chi connectivity index (χ3n) is 5.27. The number of amides is 1. The molecule has 1 fully saturated rings. The zero-order valence-corrected chi connectivity index (χ0v) is 14.5. The van der Waals surface area contributed by atoms with Gasteiger partial charge in [-0.15, -0.1) is 0 Å². The summed E-state index contributed by atoms with van der Waals surface area (Å²) in [6.07, 6.45) is 5.02. The Bertz CT molecular complexity index is 713. The first-order valence-electron chi connectivity index (χ1n) is 8.59. The standard InChI is InChI=1S/C18H26N4O/c1-5-12(2)16-11-19-15-10-17(21(4)18(15)20-16)14-6-8-22(9-7-14)13(3)23/h10-12,14H,5-9H2,1-4H3. The molecule has 0 bridgehead atoms. The lowest BCUT2D eigenvalue weighted by Gasteiger charge is -2.31. The Balaban J connectivity index is 1.88. The Morgan fingerprint density at radius 3 is 2.70 bits per heavy atom. The number of aryl methyl sites for hydroxylation is 1. The van der Waals surface area contributed by atoms with Gasteiger partial charge in [-0.3, -0.25) is 9.78 Å². The van der Waals surface area contributed by atoms with Crippen LogP contribution in [0.15, 0.2) is 12.3 Å². The molecule has 1 atom stereocenters. The minimum Gasteiger partial charge on any atom is -0.343 e. The summed E-state index contributed by atoms with van der Waals surface area (Å²) in [6.45, 7) is 7.72. The summed E-state index contributed by atoms with van der Waals surface area (Å²) < 4.78 is 2.20. The summed E-state index contributed by atoms with van der Waals surface area (Å²) >= 11 is 0. The van der Waals surface area contributed by atoms with Crippen LogP contribution in [0.3, 0.4) is 0 Å². The van der Waals surface area contributed by atoms with Gasteiger partial charge in [-0.25, -0.2) is 4.98 Å². The molecule has 0 aliphatic carbocycles. The van der Waals surface area contributed by atoms with Gasteiger partial charge >= 0.3 is 0 Å². The number of carbonyl (C=O) groups excluding carboxylic acids is 1. The average Bonchev–Trinajstić information content (AvgIpc) is 2.90. The van der Waals surface area contributed by atoms with E-state index in [0.29, 0.717) is 11.8 Å². The first-order chi connectivity index (χ1) is 11.0. The van der Waals surface area contributed by atoms with E-state index >= 15 is 0 Å². The number of hydrogen-bond donors (Lipinski definition) is 0. The Morgan fingerprint density at radius 1 is 1.39 bits per heavy atom. The van der Waals surface area contributed by atoms with E-state index < -0.39 is 0 Å². The van der Waals surface area contributed by atoms with Gasteiger partial charge in [0.1, 0.15) is 5.52 Å². The van der Waals surface area contributed by atoms with E-state index in [0.717, 1.165) is 49.2 Å². The number of carbonyl (C=O) groups is 1. The summed E-state index contributed by atoms with van der Waals surface area (Å²) in [6, 6.07) is 2.18. The topological polar surface area (TPSA) is 51.0 Å². The van der Waals surface area contributed by atoms with Gasteiger partial charge in [0.25, 0.3) is 0 Å². The lowest BCUT2D eigenvalue weighted by molar-refractivity contribution is -0.129. The molecule has 1 amide bonds. The van der Waals surface area contributed by atoms with Gasteiger partial charge in [0, 0.05) is 44.9 Å². The molecule has 0 spiro atoms. The van der Waals surface area contributed by atoms with Crippen molar-refractivity contribution >= 4 is 17.1 Å². The Kier molecular flexibility index (Phi) is 4.37. The van der Waals surface area contributed by atoms with E-state index in [1.54, 1.807) is 6.92 Å². The molecule has 0 aromatic carbocycles. The second-order valence-corrected chi connectivity index (χ2v) is 6.72. The van der Waals surface area contributed by atoms with E-state index in [1.807, 2.05) is 11.1 Å². The van der Waals surface area contributed by atoms with Crippen molar-refractivity contribution in [1.29, 1.82) is 0 Å². The number of rotatable bonds is 3. The molecule has 2 aromatic rings. The maximum absolute atomic E-state index is 11.5. The SMILES string of the molecule is CCC(C)c1cnc2cc(C3CCN(C(C)=O)CC3)n(C)c2n1. The molecule has 5 nitrogen and oxygen atoms in total. The molecule has 1 unspecified atom stereocenters. The predicted molar refractivity (Wildman–Crippen MR) is 91.4 cm³/mol. The first-order valence-corrected chi connectivity index (χ1v) is 8.59. The van der Waals surface area contributed by atoms with E-state index in [4.69, 9.17) is 4.98 Å². The van der Waals surface area contributed by atoms with Crippen molar-refractivity contribution in [2.75, 3.05) is 13.1 Å². The molecular formula is C18H26N4O. The monoisotopic (exact) mass is 314 g/mol. The van der Waals surface area contributed by atoms with Gasteiger partial charge in [0.05, 0.1) is 5.69 Å². The largest absolute Gasteiger partial charge is 0.343 e. The van der Waals surface area contributed by atoms with Gasteiger partial charge in [0.15, 0.2) is 5.65 Å². The molecule has 0 N–H and O–H groups in total. The molecular weight excluding hydrogens is 288 g/mol. The van der Waals surface area contributed by atoms with E-state index in [9.17, 15) is 4.79 Å². The van der Waals surface area contributed by atoms with Crippen molar-refractivity contribution in [2.24, 2.45) is 7.05 Å². The molecule has 3 rings (SSSR count). The minimum absolute atomic E-state index is 0.182. The number of nitrogens with zero attached hydrogens (tertiary/aromatic N) is 4. The van der Waals surface area contributed by atoms with Crippen LogP contribution in [0.4, 0.5) is 0 Å². The van der Waals surface area contributed by atoms with Crippen molar-refractivity contribution in [3.8, 4) is 0 Å². The maximum atomic E-state index is 11.5. The zero-order valence-electron chi connectivity index (χ0n) is 14.5. The number of likely N-dealkylation sites (tertiary alicyclic amines) is 1. The highest BCUT2D eigenvalue weighted by Crippen LogP contribution is 2.31. The molecule has 124 valence electrons. The number of piperidine rings is 1. The van der Waals surface area contributed by atoms with Crippen LogP contribution in [-0.4, -0.2) is 38.4 Å². The van der Waals surface area contributed by atoms with Crippen LogP contribution in [0, 0.1) is 0 Å². The van der Waals surface area contributed by atoms with Crippen LogP contribution in [0.25, 0.3) is 11.2 Å². The molecule has 2 aromatic heterocycles. The molecule has 1 aliphatic rings. The van der Waals surface area contributed by atoms with E-state index in [-0.39, 0.29) is 5.91 Å². The third-order valence-corrected chi connectivity index (χ3v) is 5.27. The highest BCUT2D eigenvalue weighted by atomic mass is 16.2. The summed E-state index contributed by atoms with van der Waals surface area (Å²) in [4.78, 5) is 22.9. The van der Waals surface area contributed by atoms with Crippen LogP contribution >= 0.6 is 0 Å². The third kappa shape index (κ3) is 2.96. The number of aromatic nitrogens is 3. The quantitative estimate of drug-likeness (QED) is 0.874. The normalized spacial score (nSPS) is 17.7. The van der Waals surface area contributed by atoms with Gasteiger partial charge in [-0.05, 0) is 31.2 Å². The van der Waals surface area contributed by atoms with Crippen LogP contribution in [0.5, 0.6) is 0 Å². The fourth-order valence-electron chi connectivity index (χ4n) is 3.44. The van der Waals surface area contributed by atoms with E-state index in [1.165, 1.54) is 5.69 Å². The molecule has 0 saturated carbocycles. The fourth-order valence-corrected chi connectivity index (χ4v) is 3.44. The second-order valence-electron chi connectivity index (χ2n) is 6.72. The fraction of sp³-hybridized carbons (Fsp3) is 0.611. The number of fused-ring (bicyclic) bond motifs is 1. The molecule has 1 saturated heterocycles. The Morgan fingerprint density at radius 2 is 2.09 bits per heavy atom. The number of hydrogen-bond acceptors (Lipinski definition) is 3. The summed E-state index contributed by atoms with van der Waals surface area (Å²) in [5, 5.41) is 0. The van der Waals surface area contributed by atoms with Crippen LogP contribution < -0.4 is 0 Å². The van der Waals surface area contributed by atoms with Crippen molar-refractivity contribution < 1.29 is 4.79 Å². The van der Waals surface area contributed by atoms with Crippen molar-refractivity contribution in [3.05, 3.63) is 23.7 Å². The van der Waals surface area contributed by atoms with Gasteiger partial charge in [-0.2, -0.15) is 0 Å². The molecule has 1 aliphatic heterocycles. The highest BCUT2D eigenvalue weighted by molar-refractivity contribution is 5.74. The lowest BCUT2D eigenvalue weighted by atomic mass is 9.93. The Hall–Kier alpha value is -1.91. The van der Waals surface area contributed by atoms with E-state index in [2.05, 4.69) is 36.5 Å². The van der Waals surface area contributed by atoms with Gasteiger partial charge in [0.2, 0.25) is 5.91 Å². The Labute approximate surface area is 137 Å². The molecule has 5 heteroatoms. The van der Waals surface area contributed by atoms with Crippen molar-refractivity contribution in [3.63, 3.8) is 0 Å². The van der Waals surface area contributed by atoms with Crippen molar-refractivity contribution in [2.45, 2.75) is 51.9 Å². The highest BCUT2D eigenvalue weighted by Gasteiger charge is 2.25. The van der Waals surface area contributed by atoms with Gasteiger partial charge < -0.3 is 9.47 Å². The van der Waals surface area contributed by atoms with Crippen LogP contribution in [0.2, 0.25) is 0 Å². The maximum Gasteiger partial charge on any atom is 0.219 e. The average molecular weight is 314 g/mol.